The van der Waals surface area contributed by atoms with Crippen molar-refractivity contribution >= 4 is 5.69 Å². The summed E-state index contributed by atoms with van der Waals surface area (Å²) in [6, 6.07) is 10.5. The van der Waals surface area contributed by atoms with Crippen LogP contribution in [0.3, 0.4) is 0 Å². The van der Waals surface area contributed by atoms with Gasteiger partial charge in [-0.1, -0.05) is 32.4 Å². The molecule has 1 aliphatic heterocycles. The van der Waals surface area contributed by atoms with Crippen LogP contribution in [0.2, 0.25) is 0 Å². The molecule has 0 bridgehead atoms. The van der Waals surface area contributed by atoms with Crippen molar-refractivity contribution in [3.63, 3.8) is 0 Å². The summed E-state index contributed by atoms with van der Waals surface area (Å²) in [5.74, 6) is 0. The number of hydrogen-bond donors (Lipinski definition) is 1. The first-order chi connectivity index (χ1) is 10.3. The van der Waals surface area contributed by atoms with Gasteiger partial charge in [0.1, 0.15) is 0 Å². The Kier molecular flexibility index (Phi) is 6.56. The largest absolute Gasteiger partial charge is 0.369 e. The van der Waals surface area contributed by atoms with Gasteiger partial charge in [-0.3, -0.25) is 0 Å². The second-order valence-corrected chi connectivity index (χ2v) is 6.40. The van der Waals surface area contributed by atoms with Crippen molar-refractivity contribution in [1.82, 2.24) is 5.32 Å². The minimum absolute atomic E-state index is 0.451. The van der Waals surface area contributed by atoms with Crippen LogP contribution in [0.4, 0.5) is 5.69 Å². The molecular weight excluding hydrogens is 256 g/mol. The van der Waals surface area contributed by atoms with Crippen LogP contribution < -0.4 is 10.2 Å². The zero-order valence-electron chi connectivity index (χ0n) is 14.1. The van der Waals surface area contributed by atoms with Gasteiger partial charge in [0.2, 0.25) is 0 Å². The quantitative estimate of drug-likeness (QED) is 0.767. The molecular formula is C19H32N2. The Labute approximate surface area is 130 Å². The monoisotopic (exact) mass is 288 g/mol. The summed E-state index contributed by atoms with van der Waals surface area (Å²) in [4.78, 5) is 2.64. The second-order valence-electron chi connectivity index (χ2n) is 6.40. The van der Waals surface area contributed by atoms with Crippen LogP contribution in [0.25, 0.3) is 0 Å². The number of hydrogen-bond acceptors (Lipinski definition) is 2. The fourth-order valence-corrected chi connectivity index (χ4v) is 3.41. The first-order valence-corrected chi connectivity index (χ1v) is 8.86. The maximum Gasteiger partial charge on any atom is 0.0368 e. The lowest BCUT2D eigenvalue weighted by atomic mass is 9.97. The predicted octanol–water partition coefficient (Wildman–Crippen LogP) is 4.91. The van der Waals surface area contributed by atoms with Crippen LogP contribution in [0, 0.1) is 0 Å². The summed E-state index contributed by atoms with van der Waals surface area (Å²) in [6.45, 7) is 9.09. The molecule has 2 rings (SSSR count). The summed E-state index contributed by atoms with van der Waals surface area (Å²) < 4.78 is 0. The zero-order chi connectivity index (χ0) is 15.1. The lowest BCUT2D eigenvalue weighted by Gasteiger charge is -2.37. The molecule has 2 nitrogen and oxygen atoms in total. The van der Waals surface area contributed by atoms with Crippen LogP contribution >= 0.6 is 0 Å². The molecule has 0 aliphatic carbocycles. The summed E-state index contributed by atoms with van der Waals surface area (Å²) in [5.41, 5.74) is 2.82. The molecule has 0 saturated carbocycles. The summed E-state index contributed by atoms with van der Waals surface area (Å²) in [6.07, 6.45) is 7.92. The minimum atomic E-state index is 0.451. The van der Waals surface area contributed by atoms with E-state index in [1.807, 2.05) is 0 Å². The first kappa shape index (κ1) is 16.4. The number of nitrogens with one attached hydrogen (secondary N) is 1. The lowest BCUT2D eigenvalue weighted by molar-refractivity contribution is 0.434. The van der Waals surface area contributed by atoms with Crippen molar-refractivity contribution in [3.05, 3.63) is 29.8 Å². The van der Waals surface area contributed by atoms with Gasteiger partial charge in [-0.25, -0.2) is 0 Å². The van der Waals surface area contributed by atoms with E-state index < -0.39 is 0 Å². The highest BCUT2D eigenvalue weighted by atomic mass is 15.2. The number of nitrogens with zero attached hydrogens (tertiary/aromatic N) is 1. The third-order valence-electron chi connectivity index (χ3n) is 4.67. The van der Waals surface area contributed by atoms with Gasteiger partial charge < -0.3 is 10.2 Å². The predicted molar refractivity (Wildman–Crippen MR) is 93.0 cm³/mol. The van der Waals surface area contributed by atoms with E-state index in [9.17, 15) is 0 Å². The molecule has 1 saturated heterocycles. The average Bonchev–Trinajstić information content (AvgIpc) is 2.53. The van der Waals surface area contributed by atoms with Crippen molar-refractivity contribution in [2.75, 3.05) is 18.0 Å². The number of anilines is 1. The molecule has 1 fully saturated rings. The molecule has 0 amide bonds. The summed E-state index contributed by atoms with van der Waals surface area (Å²) >= 11 is 0. The highest BCUT2D eigenvalue weighted by Gasteiger charge is 2.21. The van der Waals surface area contributed by atoms with Gasteiger partial charge >= 0.3 is 0 Å². The Morgan fingerprint density at radius 2 is 1.90 bits per heavy atom. The summed E-state index contributed by atoms with van der Waals surface area (Å²) in [7, 11) is 0. The maximum atomic E-state index is 3.56. The van der Waals surface area contributed by atoms with Crippen molar-refractivity contribution < 1.29 is 0 Å². The van der Waals surface area contributed by atoms with E-state index in [-0.39, 0.29) is 0 Å². The van der Waals surface area contributed by atoms with Gasteiger partial charge in [-0.05, 0) is 63.3 Å². The van der Waals surface area contributed by atoms with Crippen LogP contribution in [-0.2, 0) is 0 Å². The van der Waals surface area contributed by atoms with Gasteiger partial charge in [-0.15, -0.1) is 0 Å². The second kappa shape index (κ2) is 8.43. The Bertz CT molecular complexity index is 397. The van der Waals surface area contributed by atoms with Crippen molar-refractivity contribution in [2.45, 2.75) is 71.4 Å². The molecule has 1 aromatic carbocycles. The Balaban J connectivity index is 2.03. The molecule has 1 N–H and O–H groups in total. The van der Waals surface area contributed by atoms with Gasteiger partial charge in [0.05, 0.1) is 0 Å². The molecule has 0 radical (unpaired) electrons. The van der Waals surface area contributed by atoms with Gasteiger partial charge in [-0.2, -0.15) is 0 Å². The Morgan fingerprint density at radius 1 is 1.14 bits per heavy atom. The number of benzene rings is 1. The summed E-state index contributed by atoms with van der Waals surface area (Å²) in [5, 5.41) is 3.56. The Morgan fingerprint density at radius 3 is 2.57 bits per heavy atom. The third kappa shape index (κ3) is 4.47. The smallest absolute Gasteiger partial charge is 0.0368 e. The number of piperidine rings is 1. The average molecular weight is 288 g/mol. The van der Waals surface area contributed by atoms with E-state index in [0.717, 1.165) is 12.6 Å². The van der Waals surface area contributed by atoms with Crippen molar-refractivity contribution in [2.24, 2.45) is 0 Å². The maximum absolute atomic E-state index is 3.56. The van der Waals surface area contributed by atoms with E-state index in [1.54, 1.807) is 0 Å². The van der Waals surface area contributed by atoms with E-state index in [4.69, 9.17) is 0 Å². The minimum Gasteiger partial charge on any atom is -0.369 e. The molecule has 2 heteroatoms. The Hall–Kier alpha value is -1.02. The molecule has 0 aromatic heterocycles. The van der Waals surface area contributed by atoms with Gasteiger partial charge in [0.25, 0.3) is 0 Å². The molecule has 118 valence electrons. The highest BCUT2D eigenvalue weighted by Crippen LogP contribution is 2.28. The topological polar surface area (TPSA) is 15.3 Å². The lowest BCUT2D eigenvalue weighted by Crippen LogP contribution is -2.39. The standard InChI is InChI=1S/C19H32N2/c1-4-8-18-9-6-7-15-21(18)19-12-10-17(11-13-19)16(3)20-14-5-2/h10-13,16,18,20H,4-9,14-15H2,1-3H3. The molecule has 2 unspecified atom stereocenters. The molecule has 0 spiro atoms. The molecule has 1 aliphatic rings. The van der Waals surface area contributed by atoms with Gasteiger partial charge in [0, 0.05) is 24.3 Å². The molecule has 2 atom stereocenters. The molecule has 1 aromatic rings. The van der Waals surface area contributed by atoms with Crippen molar-refractivity contribution in [1.29, 1.82) is 0 Å². The van der Waals surface area contributed by atoms with E-state index >= 15 is 0 Å². The van der Waals surface area contributed by atoms with E-state index in [0.29, 0.717) is 6.04 Å². The molecule has 1 heterocycles. The molecule has 21 heavy (non-hydrogen) atoms. The van der Waals surface area contributed by atoms with Crippen molar-refractivity contribution in [3.8, 4) is 0 Å². The normalized spacial score (nSPS) is 20.5. The van der Waals surface area contributed by atoms with E-state index in [2.05, 4.69) is 55.3 Å². The fourth-order valence-electron chi connectivity index (χ4n) is 3.41. The fraction of sp³-hybridized carbons (Fsp3) is 0.684. The number of rotatable bonds is 7. The van der Waals surface area contributed by atoms with Gasteiger partial charge in [0.15, 0.2) is 0 Å². The third-order valence-corrected chi connectivity index (χ3v) is 4.67. The first-order valence-electron chi connectivity index (χ1n) is 8.86. The van der Waals surface area contributed by atoms with E-state index in [1.165, 1.54) is 56.3 Å². The van der Waals surface area contributed by atoms with Crippen LogP contribution in [0.1, 0.15) is 70.9 Å². The van der Waals surface area contributed by atoms with Crippen LogP contribution in [0.15, 0.2) is 24.3 Å². The highest BCUT2D eigenvalue weighted by molar-refractivity contribution is 5.49. The van der Waals surface area contributed by atoms with Crippen LogP contribution in [-0.4, -0.2) is 19.1 Å². The zero-order valence-corrected chi connectivity index (χ0v) is 14.1. The van der Waals surface area contributed by atoms with Crippen LogP contribution in [0.5, 0.6) is 0 Å². The SMILES string of the molecule is CCCNC(C)c1ccc(N2CCCCC2CCC)cc1.